The largest absolute Gasteiger partial charge is 0.433 e. The van der Waals surface area contributed by atoms with Crippen molar-refractivity contribution in [2.75, 3.05) is 0 Å². The molecule has 0 aliphatic rings. The molecule has 1 heterocycles. The predicted octanol–water partition coefficient (Wildman–Crippen LogP) is 3.27. The lowest BCUT2D eigenvalue weighted by Crippen LogP contribution is -2.01. The Morgan fingerprint density at radius 3 is 2.72 bits per heavy atom. The molecule has 0 radical (unpaired) electrons. The normalized spacial score (nSPS) is 10.3. The highest BCUT2D eigenvalue weighted by molar-refractivity contribution is 6.30. The number of rotatable bonds is 4. The van der Waals surface area contributed by atoms with E-state index in [0.717, 1.165) is 11.6 Å². The van der Waals surface area contributed by atoms with Crippen LogP contribution in [0.3, 0.4) is 0 Å². The second-order valence-electron chi connectivity index (χ2n) is 3.62. The SMILES string of the molecule is O=C(Cc1cccc(Cl)c1)c1ccc([N+](=O)[O-])o1. The molecule has 0 saturated carbocycles. The Balaban J connectivity index is 2.14. The lowest BCUT2D eigenvalue weighted by molar-refractivity contribution is -0.402. The Kier molecular flexibility index (Phi) is 3.43. The summed E-state index contributed by atoms with van der Waals surface area (Å²) >= 11 is 5.80. The maximum Gasteiger partial charge on any atom is 0.433 e. The van der Waals surface area contributed by atoms with Gasteiger partial charge in [0, 0.05) is 11.4 Å². The van der Waals surface area contributed by atoms with E-state index in [2.05, 4.69) is 0 Å². The second-order valence-corrected chi connectivity index (χ2v) is 4.06. The van der Waals surface area contributed by atoms with E-state index >= 15 is 0 Å². The third-order valence-corrected chi connectivity index (χ3v) is 2.54. The quantitative estimate of drug-likeness (QED) is 0.483. The van der Waals surface area contributed by atoms with Crippen molar-refractivity contribution in [3.63, 3.8) is 0 Å². The fourth-order valence-electron chi connectivity index (χ4n) is 1.50. The molecule has 0 atom stereocenters. The van der Waals surface area contributed by atoms with Gasteiger partial charge in [-0.1, -0.05) is 23.7 Å². The number of hydrogen-bond donors (Lipinski definition) is 0. The number of halogens is 1. The van der Waals surface area contributed by atoms with Crippen LogP contribution in [0, 0.1) is 10.1 Å². The second kappa shape index (κ2) is 5.01. The average Bonchev–Trinajstić information content (AvgIpc) is 2.78. The van der Waals surface area contributed by atoms with Crippen molar-refractivity contribution in [2.24, 2.45) is 0 Å². The summed E-state index contributed by atoms with van der Waals surface area (Å²) in [5.41, 5.74) is 0.728. The monoisotopic (exact) mass is 265 g/mol. The fraction of sp³-hybridized carbons (Fsp3) is 0.0833. The highest BCUT2D eigenvalue weighted by atomic mass is 35.5. The number of hydrogen-bond acceptors (Lipinski definition) is 4. The third-order valence-electron chi connectivity index (χ3n) is 2.30. The minimum Gasteiger partial charge on any atom is -0.397 e. The minimum absolute atomic E-state index is 0.0262. The van der Waals surface area contributed by atoms with Crippen LogP contribution in [0.4, 0.5) is 5.88 Å². The van der Waals surface area contributed by atoms with Gasteiger partial charge >= 0.3 is 5.88 Å². The van der Waals surface area contributed by atoms with E-state index in [9.17, 15) is 14.9 Å². The van der Waals surface area contributed by atoms with E-state index in [1.807, 2.05) is 0 Å². The summed E-state index contributed by atoms with van der Waals surface area (Å²) < 4.78 is 4.83. The lowest BCUT2D eigenvalue weighted by atomic mass is 10.1. The summed E-state index contributed by atoms with van der Waals surface area (Å²) in [6, 6.07) is 9.30. The maximum atomic E-state index is 11.8. The van der Waals surface area contributed by atoms with Gasteiger partial charge in [-0.2, -0.15) is 0 Å². The Bertz CT molecular complexity index is 606. The van der Waals surface area contributed by atoms with Gasteiger partial charge < -0.3 is 4.42 Å². The summed E-state index contributed by atoms with van der Waals surface area (Å²) in [7, 11) is 0. The molecule has 0 saturated heterocycles. The number of nitrogens with zero attached hydrogens (tertiary/aromatic N) is 1. The summed E-state index contributed by atoms with van der Waals surface area (Å²) in [5, 5.41) is 11.0. The van der Waals surface area contributed by atoms with Crippen LogP contribution >= 0.6 is 11.6 Å². The van der Waals surface area contributed by atoms with Gasteiger partial charge in [0.2, 0.25) is 5.78 Å². The van der Waals surface area contributed by atoms with Crippen molar-refractivity contribution in [1.29, 1.82) is 0 Å². The van der Waals surface area contributed by atoms with Crippen LogP contribution in [0.25, 0.3) is 0 Å². The van der Waals surface area contributed by atoms with Crippen molar-refractivity contribution >= 4 is 23.3 Å². The van der Waals surface area contributed by atoms with Crippen LogP contribution in [-0.2, 0) is 6.42 Å². The molecule has 6 heteroatoms. The molecule has 0 fully saturated rings. The molecule has 0 aliphatic carbocycles. The molecule has 0 bridgehead atoms. The number of ketones is 1. The number of furan rings is 1. The molecular formula is C12H8ClNO4. The molecule has 1 aromatic carbocycles. The summed E-state index contributed by atoms with van der Waals surface area (Å²) in [6.07, 6.45) is 0.0885. The summed E-state index contributed by atoms with van der Waals surface area (Å²) in [6.45, 7) is 0. The standard InChI is InChI=1S/C12H8ClNO4/c13-9-3-1-2-8(6-9)7-10(15)11-4-5-12(18-11)14(16)17/h1-6H,7H2. The minimum atomic E-state index is -0.684. The Hall–Kier alpha value is -2.14. The third kappa shape index (κ3) is 2.75. The number of benzene rings is 1. The van der Waals surface area contributed by atoms with E-state index in [-0.39, 0.29) is 18.0 Å². The summed E-state index contributed by atoms with van der Waals surface area (Å²) in [5.74, 6) is -0.795. The molecule has 2 aromatic rings. The molecule has 0 spiro atoms. The molecular weight excluding hydrogens is 258 g/mol. The van der Waals surface area contributed by atoms with Gasteiger partial charge in [-0.15, -0.1) is 0 Å². The molecule has 1 aromatic heterocycles. The highest BCUT2D eigenvalue weighted by Crippen LogP contribution is 2.18. The first-order valence-corrected chi connectivity index (χ1v) is 5.46. The topological polar surface area (TPSA) is 73.3 Å². The Morgan fingerprint density at radius 1 is 1.33 bits per heavy atom. The van der Waals surface area contributed by atoms with Crippen molar-refractivity contribution in [3.8, 4) is 0 Å². The predicted molar refractivity (Wildman–Crippen MR) is 64.8 cm³/mol. The van der Waals surface area contributed by atoms with E-state index in [1.165, 1.54) is 6.07 Å². The zero-order valence-corrected chi connectivity index (χ0v) is 9.89. The van der Waals surface area contributed by atoms with E-state index in [0.29, 0.717) is 5.02 Å². The van der Waals surface area contributed by atoms with Gasteiger partial charge in [-0.3, -0.25) is 14.9 Å². The van der Waals surface area contributed by atoms with Gasteiger partial charge in [-0.25, -0.2) is 0 Å². The molecule has 0 aliphatic heterocycles. The fourth-order valence-corrected chi connectivity index (χ4v) is 1.71. The molecule has 0 N–H and O–H groups in total. The van der Waals surface area contributed by atoms with Crippen LogP contribution in [0.1, 0.15) is 16.1 Å². The van der Waals surface area contributed by atoms with E-state index in [1.54, 1.807) is 24.3 Å². The molecule has 92 valence electrons. The first-order valence-electron chi connectivity index (χ1n) is 5.08. The van der Waals surface area contributed by atoms with Crippen molar-refractivity contribution in [3.05, 3.63) is 62.9 Å². The zero-order valence-electron chi connectivity index (χ0n) is 9.13. The van der Waals surface area contributed by atoms with Crippen molar-refractivity contribution < 1.29 is 14.1 Å². The van der Waals surface area contributed by atoms with Gasteiger partial charge in [0.15, 0.2) is 5.76 Å². The number of carbonyl (C=O) groups excluding carboxylic acids is 1. The van der Waals surface area contributed by atoms with E-state index in [4.69, 9.17) is 16.0 Å². The number of Topliss-reactive ketones (excluding diaryl/α,β-unsaturated/α-hetero) is 1. The van der Waals surface area contributed by atoms with Crippen molar-refractivity contribution in [2.45, 2.75) is 6.42 Å². The van der Waals surface area contributed by atoms with Crippen LogP contribution < -0.4 is 0 Å². The molecule has 18 heavy (non-hydrogen) atoms. The zero-order chi connectivity index (χ0) is 13.1. The number of carbonyl (C=O) groups is 1. The maximum absolute atomic E-state index is 11.8. The average molecular weight is 266 g/mol. The first kappa shape index (κ1) is 12.3. The lowest BCUT2D eigenvalue weighted by Gasteiger charge is -1.99. The van der Waals surface area contributed by atoms with Crippen LogP contribution in [0.15, 0.2) is 40.8 Å². The molecule has 2 rings (SSSR count). The van der Waals surface area contributed by atoms with Gasteiger partial charge in [0.25, 0.3) is 0 Å². The smallest absolute Gasteiger partial charge is 0.397 e. The number of nitro groups is 1. The Morgan fingerprint density at radius 2 is 2.11 bits per heavy atom. The molecule has 5 nitrogen and oxygen atoms in total. The highest BCUT2D eigenvalue weighted by Gasteiger charge is 2.17. The van der Waals surface area contributed by atoms with Gasteiger partial charge in [0.1, 0.15) is 4.92 Å². The molecule has 0 amide bonds. The van der Waals surface area contributed by atoms with Gasteiger partial charge in [-0.05, 0) is 23.8 Å². The van der Waals surface area contributed by atoms with Crippen LogP contribution in [0.5, 0.6) is 0 Å². The van der Waals surface area contributed by atoms with Gasteiger partial charge in [0.05, 0.1) is 6.07 Å². The van der Waals surface area contributed by atoms with E-state index < -0.39 is 10.8 Å². The first-order chi connectivity index (χ1) is 8.56. The summed E-state index contributed by atoms with van der Waals surface area (Å²) in [4.78, 5) is 21.5. The van der Waals surface area contributed by atoms with Crippen LogP contribution in [0.2, 0.25) is 5.02 Å². The van der Waals surface area contributed by atoms with Crippen molar-refractivity contribution in [1.82, 2.24) is 0 Å². The molecule has 0 unspecified atom stereocenters. The van der Waals surface area contributed by atoms with Crippen LogP contribution in [-0.4, -0.2) is 10.7 Å². The Labute approximate surface area is 107 Å².